The summed E-state index contributed by atoms with van der Waals surface area (Å²) < 4.78 is 5.76. The zero-order valence-corrected chi connectivity index (χ0v) is 16.6. The van der Waals surface area contributed by atoms with Crippen molar-refractivity contribution in [3.05, 3.63) is 35.9 Å². The number of hydrogen-bond acceptors (Lipinski definition) is 4. The molecule has 1 N–H and O–H groups in total. The summed E-state index contributed by atoms with van der Waals surface area (Å²) >= 11 is 1.98. The number of carbonyl (C=O) groups excluding carboxylic acids is 1. The van der Waals surface area contributed by atoms with Gasteiger partial charge in [0.2, 0.25) is 5.91 Å². The molecule has 1 saturated heterocycles. The summed E-state index contributed by atoms with van der Waals surface area (Å²) in [5.41, 5.74) is 1.29. The second-order valence-corrected chi connectivity index (χ2v) is 9.27. The molecule has 5 heteroatoms. The Hall–Kier alpha value is -1.04. The van der Waals surface area contributed by atoms with Gasteiger partial charge in [-0.25, -0.2) is 0 Å². The standard InChI is InChI=1S/C21H30N2O2S/c1-15-18(21(9-6-10-21)19(15)25-2)22-20(24)17(16-7-4-3-5-8-16)23-11-13-26-14-12-23/h3-5,7-8,15,17-19H,6,9-14H2,1-2H3,(H,22,24)/t15-,17-,18-,19-/m1/s1. The fraction of sp³-hybridized carbons (Fsp3) is 0.667. The van der Waals surface area contributed by atoms with E-state index in [9.17, 15) is 4.79 Å². The minimum Gasteiger partial charge on any atom is -0.380 e. The normalized spacial score (nSPS) is 31.7. The third-order valence-corrected chi connectivity index (χ3v) is 7.74. The SMILES string of the molecule is CO[C@@H]1[C@H](C)[C@@H](NC(=O)[C@@H](c2ccccc2)N2CCSCC2)C12CCC2. The van der Waals surface area contributed by atoms with Crippen LogP contribution in [-0.4, -0.2) is 54.7 Å². The van der Waals surface area contributed by atoms with E-state index in [0.29, 0.717) is 12.0 Å². The molecule has 0 bridgehead atoms. The first-order valence-electron chi connectivity index (χ1n) is 9.87. The van der Waals surface area contributed by atoms with Crippen LogP contribution in [0.2, 0.25) is 0 Å². The molecule has 1 aromatic carbocycles. The Kier molecular flexibility index (Phi) is 5.31. The molecule has 2 aliphatic carbocycles. The highest BCUT2D eigenvalue weighted by Crippen LogP contribution is 2.59. The first-order valence-corrected chi connectivity index (χ1v) is 11.0. The van der Waals surface area contributed by atoms with Crippen LogP contribution in [0.4, 0.5) is 0 Å². The van der Waals surface area contributed by atoms with Gasteiger partial charge < -0.3 is 10.1 Å². The Bertz CT molecular complexity index is 628. The minimum atomic E-state index is -0.178. The van der Waals surface area contributed by atoms with Gasteiger partial charge in [0, 0.05) is 49.1 Å². The van der Waals surface area contributed by atoms with Gasteiger partial charge in [-0.2, -0.15) is 11.8 Å². The molecule has 0 aromatic heterocycles. The molecule has 1 aliphatic heterocycles. The Balaban J connectivity index is 1.53. The molecule has 4 rings (SSSR count). The second kappa shape index (κ2) is 7.53. The summed E-state index contributed by atoms with van der Waals surface area (Å²) in [5, 5.41) is 3.45. The van der Waals surface area contributed by atoms with Gasteiger partial charge in [0.15, 0.2) is 0 Å². The lowest BCUT2D eigenvalue weighted by Gasteiger charge is -2.64. The molecule has 3 fully saturated rings. The van der Waals surface area contributed by atoms with Crippen LogP contribution in [0.5, 0.6) is 0 Å². The van der Waals surface area contributed by atoms with Crippen LogP contribution in [-0.2, 0) is 9.53 Å². The predicted octanol–water partition coefficient (Wildman–Crippen LogP) is 3.10. The van der Waals surface area contributed by atoms with Crippen molar-refractivity contribution < 1.29 is 9.53 Å². The van der Waals surface area contributed by atoms with E-state index in [1.165, 1.54) is 19.3 Å². The summed E-state index contributed by atoms with van der Waals surface area (Å²) in [7, 11) is 1.82. The lowest BCUT2D eigenvalue weighted by Crippen LogP contribution is -2.73. The zero-order chi connectivity index (χ0) is 18.1. The maximum absolute atomic E-state index is 13.4. The van der Waals surface area contributed by atoms with Gasteiger partial charge in [-0.1, -0.05) is 43.7 Å². The quantitative estimate of drug-likeness (QED) is 0.860. The fourth-order valence-electron chi connectivity index (χ4n) is 5.42. The second-order valence-electron chi connectivity index (χ2n) is 8.05. The highest BCUT2D eigenvalue weighted by atomic mass is 32.2. The highest BCUT2D eigenvalue weighted by molar-refractivity contribution is 7.99. The average Bonchev–Trinajstić information content (AvgIpc) is 2.64. The summed E-state index contributed by atoms with van der Waals surface area (Å²) in [6.07, 6.45) is 3.90. The van der Waals surface area contributed by atoms with Gasteiger partial charge in [-0.3, -0.25) is 9.69 Å². The van der Waals surface area contributed by atoms with Crippen LogP contribution >= 0.6 is 11.8 Å². The fourth-order valence-corrected chi connectivity index (χ4v) is 6.35. The van der Waals surface area contributed by atoms with Crippen LogP contribution in [0.25, 0.3) is 0 Å². The van der Waals surface area contributed by atoms with Gasteiger partial charge in [0.05, 0.1) is 6.10 Å². The van der Waals surface area contributed by atoms with Gasteiger partial charge in [0.1, 0.15) is 6.04 Å². The Morgan fingerprint density at radius 3 is 2.54 bits per heavy atom. The zero-order valence-electron chi connectivity index (χ0n) is 15.8. The first kappa shape index (κ1) is 18.3. The van der Waals surface area contributed by atoms with E-state index in [2.05, 4.69) is 29.3 Å². The summed E-state index contributed by atoms with van der Waals surface area (Å²) in [5.74, 6) is 2.76. The van der Waals surface area contributed by atoms with E-state index in [0.717, 1.165) is 30.2 Å². The Morgan fingerprint density at radius 2 is 1.96 bits per heavy atom. The van der Waals surface area contributed by atoms with E-state index in [4.69, 9.17) is 4.74 Å². The van der Waals surface area contributed by atoms with Crippen LogP contribution < -0.4 is 5.32 Å². The number of nitrogens with one attached hydrogen (secondary N) is 1. The van der Waals surface area contributed by atoms with Crippen molar-refractivity contribution >= 4 is 17.7 Å². The summed E-state index contributed by atoms with van der Waals surface area (Å²) in [6, 6.07) is 10.3. The number of rotatable bonds is 5. The number of amides is 1. The molecule has 1 spiro atoms. The average molecular weight is 375 g/mol. The molecule has 4 atom stereocenters. The van der Waals surface area contributed by atoms with Crippen molar-refractivity contribution in [2.24, 2.45) is 11.3 Å². The lowest BCUT2D eigenvalue weighted by molar-refractivity contribution is -0.203. The molecule has 0 unspecified atom stereocenters. The van der Waals surface area contributed by atoms with Gasteiger partial charge in [0.25, 0.3) is 0 Å². The first-order chi connectivity index (χ1) is 12.7. The molecule has 26 heavy (non-hydrogen) atoms. The highest BCUT2D eigenvalue weighted by Gasteiger charge is 2.63. The van der Waals surface area contributed by atoms with Crippen LogP contribution in [0.15, 0.2) is 30.3 Å². The number of thioether (sulfide) groups is 1. The molecule has 142 valence electrons. The van der Waals surface area contributed by atoms with Gasteiger partial charge >= 0.3 is 0 Å². The Morgan fingerprint density at radius 1 is 1.27 bits per heavy atom. The van der Waals surface area contributed by atoms with E-state index in [-0.39, 0.29) is 23.4 Å². The van der Waals surface area contributed by atoms with Crippen LogP contribution in [0.1, 0.15) is 37.8 Å². The van der Waals surface area contributed by atoms with Gasteiger partial charge in [-0.05, 0) is 18.4 Å². The molecule has 2 saturated carbocycles. The van der Waals surface area contributed by atoms with Crippen molar-refractivity contribution in [3.8, 4) is 0 Å². The number of nitrogens with zero attached hydrogens (tertiary/aromatic N) is 1. The van der Waals surface area contributed by atoms with Crippen molar-refractivity contribution in [1.82, 2.24) is 10.2 Å². The summed E-state index contributed by atoms with van der Waals surface area (Å²) in [6.45, 7) is 4.17. The number of carbonyl (C=O) groups is 1. The van der Waals surface area contributed by atoms with Crippen LogP contribution in [0, 0.1) is 11.3 Å². The van der Waals surface area contributed by atoms with E-state index >= 15 is 0 Å². The number of methoxy groups -OCH3 is 1. The molecular formula is C21H30N2O2S. The van der Waals surface area contributed by atoms with Crippen LogP contribution in [0.3, 0.4) is 0 Å². The molecule has 4 nitrogen and oxygen atoms in total. The largest absolute Gasteiger partial charge is 0.380 e. The maximum atomic E-state index is 13.4. The van der Waals surface area contributed by atoms with E-state index < -0.39 is 0 Å². The topological polar surface area (TPSA) is 41.6 Å². The summed E-state index contributed by atoms with van der Waals surface area (Å²) in [4.78, 5) is 15.8. The number of ether oxygens (including phenoxy) is 1. The van der Waals surface area contributed by atoms with E-state index in [1.54, 1.807) is 0 Å². The van der Waals surface area contributed by atoms with E-state index in [1.807, 2.05) is 37.1 Å². The maximum Gasteiger partial charge on any atom is 0.242 e. The predicted molar refractivity (Wildman–Crippen MR) is 106 cm³/mol. The van der Waals surface area contributed by atoms with Crippen molar-refractivity contribution in [3.63, 3.8) is 0 Å². The molecule has 0 radical (unpaired) electrons. The van der Waals surface area contributed by atoms with Crippen molar-refractivity contribution in [2.45, 2.75) is 44.4 Å². The molecular weight excluding hydrogens is 344 g/mol. The van der Waals surface area contributed by atoms with Crippen molar-refractivity contribution in [1.29, 1.82) is 0 Å². The Labute approximate surface area is 161 Å². The van der Waals surface area contributed by atoms with Gasteiger partial charge in [-0.15, -0.1) is 0 Å². The lowest BCUT2D eigenvalue weighted by atomic mass is 9.46. The molecule has 1 amide bonds. The molecule has 3 aliphatic rings. The third-order valence-electron chi connectivity index (χ3n) is 6.80. The van der Waals surface area contributed by atoms with Crippen molar-refractivity contribution in [2.75, 3.05) is 31.7 Å². The minimum absolute atomic E-state index is 0.167. The third kappa shape index (κ3) is 2.98. The number of benzene rings is 1. The monoisotopic (exact) mass is 374 g/mol. The smallest absolute Gasteiger partial charge is 0.242 e. The molecule has 1 aromatic rings. The number of hydrogen-bond donors (Lipinski definition) is 1. The molecule has 1 heterocycles.